The highest BCUT2D eigenvalue weighted by molar-refractivity contribution is 5.86. The third kappa shape index (κ3) is 2.97. The minimum Gasteiger partial charge on any atom is -0.247 e. The fourth-order valence-corrected chi connectivity index (χ4v) is 3.60. The SMILES string of the molecule is CC(NN1C(C)CCCC1C)c1cccc2ccccc12. The van der Waals surface area contributed by atoms with E-state index < -0.39 is 0 Å². The highest BCUT2D eigenvalue weighted by Gasteiger charge is 2.26. The first-order valence-corrected chi connectivity index (χ1v) is 8.19. The number of nitrogens with zero attached hydrogens (tertiary/aromatic N) is 1. The van der Waals surface area contributed by atoms with Gasteiger partial charge in [-0.05, 0) is 49.9 Å². The van der Waals surface area contributed by atoms with Crippen molar-refractivity contribution in [1.82, 2.24) is 10.4 Å². The Labute approximate surface area is 128 Å². The zero-order valence-electron chi connectivity index (χ0n) is 13.3. The molecule has 112 valence electrons. The van der Waals surface area contributed by atoms with E-state index in [2.05, 4.69) is 73.7 Å². The van der Waals surface area contributed by atoms with E-state index in [0.717, 1.165) is 0 Å². The van der Waals surface area contributed by atoms with Crippen LogP contribution >= 0.6 is 0 Å². The average molecular weight is 282 g/mol. The van der Waals surface area contributed by atoms with Gasteiger partial charge in [-0.1, -0.05) is 48.9 Å². The van der Waals surface area contributed by atoms with Crippen molar-refractivity contribution in [2.45, 2.75) is 58.2 Å². The van der Waals surface area contributed by atoms with Gasteiger partial charge < -0.3 is 0 Å². The van der Waals surface area contributed by atoms with Crippen LogP contribution in [0.25, 0.3) is 10.8 Å². The molecule has 1 saturated heterocycles. The molecular weight excluding hydrogens is 256 g/mol. The molecule has 1 N–H and O–H groups in total. The van der Waals surface area contributed by atoms with Crippen LogP contribution in [0.5, 0.6) is 0 Å². The summed E-state index contributed by atoms with van der Waals surface area (Å²) in [5.41, 5.74) is 5.15. The molecule has 1 heterocycles. The predicted octanol–water partition coefficient (Wildman–Crippen LogP) is 4.67. The van der Waals surface area contributed by atoms with Crippen LogP contribution in [-0.2, 0) is 0 Å². The molecule has 3 unspecified atom stereocenters. The number of hydrazine groups is 1. The highest BCUT2D eigenvalue weighted by Crippen LogP contribution is 2.27. The second-order valence-corrected chi connectivity index (χ2v) is 6.46. The monoisotopic (exact) mass is 282 g/mol. The molecular formula is C19H26N2. The molecule has 1 fully saturated rings. The topological polar surface area (TPSA) is 15.3 Å². The number of piperidine rings is 1. The zero-order chi connectivity index (χ0) is 14.8. The Morgan fingerprint density at radius 3 is 2.43 bits per heavy atom. The molecule has 0 aliphatic carbocycles. The van der Waals surface area contributed by atoms with Gasteiger partial charge in [-0.3, -0.25) is 0 Å². The van der Waals surface area contributed by atoms with Crippen LogP contribution in [0, 0.1) is 0 Å². The molecule has 2 aromatic carbocycles. The lowest BCUT2D eigenvalue weighted by molar-refractivity contribution is 0.0322. The standard InChI is InChI=1S/C19H26N2/c1-14-8-6-9-15(2)21(14)20-16(3)18-13-7-11-17-10-4-5-12-19(17)18/h4-5,7,10-16,20H,6,8-9H2,1-3H3. The highest BCUT2D eigenvalue weighted by atomic mass is 15.5. The van der Waals surface area contributed by atoms with E-state index in [-0.39, 0.29) is 0 Å². The van der Waals surface area contributed by atoms with E-state index in [9.17, 15) is 0 Å². The zero-order valence-corrected chi connectivity index (χ0v) is 13.3. The lowest BCUT2D eigenvalue weighted by Gasteiger charge is -2.41. The van der Waals surface area contributed by atoms with Crippen molar-refractivity contribution >= 4 is 10.8 Å². The van der Waals surface area contributed by atoms with E-state index in [4.69, 9.17) is 0 Å². The molecule has 1 aliphatic rings. The number of nitrogens with one attached hydrogen (secondary N) is 1. The number of hydrogen-bond donors (Lipinski definition) is 1. The van der Waals surface area contributed by atoms with Gasteiger partial charge in [-0.2, -0.15) is 0 Å². The second-order valence-electron chi connectivity index (χ2n) is 6.46. The number of hydrogen-bond acceptors (Lipinski definition) is 2. The molecule has 3 atom stereocenters. The Hall–Kier alpha value is -1.38. The fraction of sp³-hybridized carbons (Fsp3) is 0.474. The summed E-state index contributed by atoms with van der Waals surface area (Å²) >= 11 is 0. The Balaban J connectivity index is 1.85. The molecule has 2 aromatic rings. The van der Waals surface area contributed by atoms with Crippen LogP contribution in [0.1, 0.15) is 51.6 Å². The molecule has 0 saturated carbocycles. The molecule has 2 heteroatoms. The summed E-state index contributed by atoms with van der Waals surface area (Å²) in [6.45, 7) is 6.94. The van der Waals surface area contributed by atoms with E-state index >= 15 is 0 Å². The van der Waals surface area contributed by atoms with Crippen LogP contribution in [0.2, 0.25) is 0 Å². The van der Waals surface area contributed by atoms with Crippen molar-refractivity contribution in [2.75, 3.05) is 0 Å². The van der Waals surface area contributed by atoms with Gasteiger partial charge in [0.25, 0.3) is 0 Å². The number of benzene rings is 2. The predicted molar refractivity (Wildman–Crippen MR) is 90.1 cm³/mol. The van der Waals surface area contributed by atoms with Crippen LogP contribution in [0.15, 0.2) is 42.5 Å². The minimum absolute atomic E-state index is 0.332. The second kappa shape index (κ2) is 6.17. The normalized spacial score (nSPS) is 25.1. The summed E-state index contributed by atoms with van der Waals surface area (Å²) in [7, 11) is 0. The van der Waals surface area contributed by atoms with Crippen LogP contribution in [0.4, 0.5) is 0 Å². The first kappa shape index (κ1) is 14.6. The quantitative estimate of drug-likeness (QED) is 0.880. The molecule has 1 aliphatic heterocycles. The van der Waals surface area contributed by atoms with Crippen LogP contribution in [0.3, 0.4) is 0 Å². The molecule has 0 spiro atoms. The minimum atomic E-state index is 0.332. The van der Waals surface area contributed by atoms with Crippen LogP contribution < -0.4 is 5.43 Å². The van der Waals surface area contributed by atoms with Crippen molar-refractivity contribution in [1.29, 1.82) is 0 Å². The number of rotatable bonds is 3. The van der Waals surface area contributed by atoms with Crippen molar-refractivity contribution in [3.63, 3.8) is 0 Å². The molecule has 0 radical (unpaired) electrons. The largest absolute Gasteiger partial charge is 0.247 e. The number of fused-ring (bicyclic) bond motifs is 1. The third-order valence-corrected chi connectivity index (χ3v) is 4.83. The third-order valence-electron chi connectivity index (χ3n) is 4.83. The summed E-state index contributed by atoms with van der Waals surface area (Å²) in [6.07, 6.45) is 3.93. The van der Waals surface area contributed by atoms with Crippen molar-refractivity contribution in [3.8, 4) is 0 Å². The molecule has 0 aromatic heterocycles. The van der Waals surface area contributed by atoms with Crippen molar-refractivity contribution in [3.05, 3.63) is 48.0 Å². The molecule has 2 nitrogen and oxygen atoms in total. The molecule has 0 amide bonds. The van der Waals surface area contributed by atoms with Gasteiger partial charge in [0.05, 0.1) is 0 Å². The fourth-order valence-electron chi connectivity index (χ4n) is 3.60. The smallest absolute Gasteiger partial charge is 0.0442 e. The van der Waals surface area contributed by atoms with Gasteiger partial charge in [0, 0.05) is 18.1 Å². The summed E-state index contributed by atoms with van der Waals surface area (Å²) in [5.74, 6) is 0. The summed E-state index contributed by atoms with van der Waals surface area (Å²) in [6, 6.07) is 16.8. The molecule has 3 rings (SSSR count). The molecule has 0 bridgehead atoms. The maximum absolute atomic E-state index is 3.76. The van der Waals surface area contributed by atoms with Gasteiger partial charge in [0.15, 0.2) is 0 Å². The van der Waals surface area contributed by atoms with Crippen LogP contribution in [-0.4, -0.2) is 17.1 Å². The van der Waals surface area contributed by atoms with E-state index in [1.165, 1.54) is 35.6 Å². The van der Waals surface area contributed by atoms with E-state index in [1.807, 2.05) is 0 Å². The first-order valence-electron chi connectivity index (χ1n) is 8.19. The summed E-state index contributed by atoms with van der Waals surface area (Å²) < 4.78 is 0. The molecule has 21 heavy (non-hydrogen) atoms. The van der Waals surface area contributed by atoms with E-state index in [1.54, 1.807) is 0 Å². The first-order chi connectivity index (χ1) is 10.2. The Bertz CT molecular complexity index is 592. The lowest BCUT2D eigenvalue weighted by Crippen LogP contribution is -2.52. The van der Waals surface area contributed by atoms with Crippen molar-refractivity contribution < 1.29 is 0 Å². The maximum atomic E-state index is 3.76. The Morgan fingerprint density at radius 2 is 1.67 bits per heavy atom. The Morgan fingerprint density at radius 1 is 1.00 bits per heavy atom. The van der Waals surface area contributed by atoms with Gasteiger partial charge in [-0.15, -0.1) is 0 Å². The van der Waals surface area contributed by atoms with Crippen molar-refractivity contribution in [2.24, 2.45) is 0 Å². The van der Waals surface area contributed by atoms with Gasteiger partial charge in [0.2, 0.25) is 0 Å². The summed E-state index contributed by atoms with van der Waals surface area (Å²) in [4.78, 5) is 0. The summed E-state index contributed by atoms with van der Waals surface area (Å²) in [5, 5.41) is 5.15. The van der Waals surface area contributed by atoms with Gasteiger partial charge >= 0.3 is 0 Å². The maximum Gasteiger partial charge on any atom is 0.0442 e. The van der Waals surface area contributed by atoms with Gasteiger partial charge in [0.1, 0.15) is 0 Å². The lowest BCUT2D eigenvalue weighted by atomic mass is 9.98. The van der Waals surface area contributed by atoms with E-state index in [0.29, 0.717) is 18.1 Å². The average Bonchev–Trinajstić information content (AvgIpc) is 2.50. The van der Waals surface area contributed by atoms with Gasteiger partial charge in [-0.25, -0.2) is 10.4 Å². The Kier molecular flexibility index (Phi) is 4.27.